The van der Waals surface area contributed by atoms with E-state index in [1.54, 1.807) is 29.5 Å². The molecule has 0 bridgehead atoms. The van der Waals surface area contributed by atoms with Crippen LogP contribution in [0.1, 0.15) is 25.7 Å². The molecule has 2 N–H and O–H groups in total. The van der Waals surface area contributed by atoms with Gasteiger partial charge in [-0.3, -0.25) is 4.79 Å². The minimum atomic E-state index is -1.38. The highest BCUT2D eigenvalue weighted by Gasteiger charge is 2.17. The van der Waals surface area contributed by atoms with E-state index in [2.05, 4.69) is 0 Å². The number of rotatable bonds is 5. The zero-order chi connectivity index (χ0) is 14.7. The lowest BCUT2D eigenvalue weighted by molar-refractivity contribution is 0.0587. The van der Waals surface area contributed by atoms with E-state index < -0.39 is 18.5 Å². The fourth-order valence-electron chi connectivity index (χ4n) is 1.91. The third-order valence-corrected chi connectivity index (χ3v) is 4.34. The van der Waals surface area contributed by atoms with Gasteiger partial charge in [-0.2, -0.15) is 0 Å². The normalized spacial score (nSPS) is 12.4. The van der Waals surface area contributed by atoms with Crippen molar-refractivity contribution in [3.63, 3.8) is 0 Å². The average Bonchev–Trinajstić information content (AvgIpc) is 2.85. The Hall–Kier alpha value is -1.20. The zero-order valence-electron chi connectivity index (χ0n) is 11.0. The predicted molar refractivity (Wildman–Crippen MR) is 80.7 cm³/mol. The molecule has 1 aromatic heterocycles. The summed E-state index contributed by atoms with van der Waals surface area (Å²) >= 11 is 7.84. The lowest BCUT2D eigenvalue weighted by atomic mass is 10.0. The van der Waals surface area contributed by atoms with E-state index in [1.807, 2.05) is 19.1 Å². The van der Waals surface area contributed by atoms with Crippen molar-refractivity contribution < 1.29 is 15.0 Å². The van der Waals surface area contributed by atoms with Crippen molar-refractivity contribution >= 4 is 28.7 Å². The zero-order valence-corrected chi connectivity index (χ0v) is 12.5. The summed E-state index contributed by atoms with van der Waals surface area (Å²) in [6.45, 7) is 1.45. The number of hydrogen-bond acceptors (Lipinski definition) is 4. The molecule has 2 aromatic rings. The maximum atomic E-state index is 11.8. The van der Waals surface area contributed by atoms with Crippen LogP contribution in [0.15, 0.2) is 30.3 Å². The minimum Gasteiger partial charge on any atom is -0.393 e. The highest BCUT2D eigenvalue weighted by Crippen LogP contribution is 2.25. The molecule has 3 nitrogen and oxygen atoms in total. The van der Waals surface area contributed by atoms with E-state index in [0.717, 1.165) is 10.4 Å². The van der Waals surface area contributed by atoms with Crippen molar-refractivity contribution in [3.05, 3.63) is 56.2 Å². The molecule has 106 valence electrons. The number of Topliss-reactive ketones (excluding diaryl/α,β-unsaturated/α-hetero) is 1. The van der Waals surface area contributed by atoms with Crippen LogP contribution in [0.2, 0.25) is 5.02 Å². The van der Waals surface area contributed by atoms with Crippen LogP contribution in [-0.4, -0.2) is 28.7 Å². The van der Waals surface area contributed by atoms with Crippen LogP contribution < -0.4 is 0 Å². The second-order valence-corrected chi connectivity index (χ2v) is 6.34. The summed E-state index contributed by atoms with van der Waals surface area (Å²) in [4.78, 5) is 14.2. The molecule has 0 spiro atoms. The third-order valence-electron chi connectivity index (χ3n) is 2.97. The Kier molecular flexibility index (Phi) is 4.94. The number of thiophene rings is 1. The molecule has 1 atom stereocenters. The summed E-state index contributed by atoms with van der Waals surface area (Å²) in [5, 5.41) is 18.8. The lowest BCUT2D eigenvalue weighted by Crippen LogP contribution is -2.24. The van der Waals surface area contributed by atoms with Gasteiger partial charge >= 0.3 is 0 Å². The number of hydrogen-bond donors (Lipinski definition) is 2. The van der Waals surface area contributed by atoms with Crippen LogP contribution in [-0.2, 0) is 6.42 Å². The van der Waals surface area contributed by atoms with Gasteiger partial charge in [-0.25, -0.2) is 0 Å². The Labute approximate surface area is 126 Å². The Morgan fingerprint density at radius 1 is 1.35 bits per heavy atom. The van der Waals surface area contributed by atoms with Crippen LogP contribution in [0, 0.1) is 6.92 Å². The molecule has 0 aliphatic heterocycles. The Morgan fingerprint density at radius 2 is 2.10 bits per heavy atom. The van der Waals surface area contributed by atoms with Crippen LogP contribution >= 0.6 is 22.9 Å². The van der Waals surface area contributed by atoms with Crippen molar-refractivity contribution in [3.8, 4) is 0 Å². The summed E-state index contributed by atoms with van der Waals surface area (Å²) < 4.78 is 0. The molecule has 2 rings (SSSR count). The van der Waals surface area contributed by atoms with Crippen LogP contribution in [0.25, 0.3) is 0 Å². The fourth-order valence-corrected chi connectivity index (χ4v) is 3.00. The molecular weight excluding hydrogens is 296 g/mol. The van der Waals surface area contributed by atoms with Gasteiger partial charge in [-0.1, -0.05) is 11.6 Å². The number of ketones is 1. The quantitative estimate of drug-likeness (QED) is 0.835. The van der Waals surface area contributed by atoms with Gasteiger partial charge in [0.15, 0.2) is 5.78 Å². The molecule has 5 heteroatoms. The van der Waals surface area contributed by atoms with Crippen molar-refractivity contribution in [2.75, 3.05) is 6.61 Å². The van der Waals surface area contributed by atoms with Crippen molar-refractivity contribution in [1.29, 1.82) is 0 Å². The van der Waals surface area contributed by atoms with Gasteiger partial charge in [-0.15, -0.1) is 11.3 Å². The number of carbonyl (C=O) groups is 1. The van der Waals surface area contributed by atoms with Crippen LogP contribution in [0.4, 0.5) is 0 Å². The lowest BCUT2D eigenvalue weighted by Gasteiger charge is -2.09. The molecule has 0 aliphatic rings. The summed E-state index contributed by atoms with van der Waals surface area (Å²) in [7, 11) is 0. The molecule has 0 amide bonds. The number of aryl methyl sites for hydroxylation is 1. The number of halogens is 1. The first kappa shape index (κ1) is 15.2. The Morgan fingerprint density at radius 3 is 2.70 bits per heavy atom. The van der Waals surface area contributed by atoms with Gasteiger partial charge in [0.25, 0.3) is 0 Å². The largest absolute Gasteiger partial charge is 0.393 e. The summed E-state index contributed by atoms with van der Waals surface area (Å²) in [6.07, 6.45) is -0.735. The molecule has 0 fully saturated rings. The monoisotopic (exact) mass is 310 g/mol. The first-order valence-electron chi connectivity index (χ1n) is 6.18. The van der Waals surface area contributed by atoms with Gasteiger partial charge in [0.05, 0.1) is 6.61 Å². The molecule has 0 saturated carbocycles. The fraction of sp³-hybridized carbons (Fsp3) is 0.267. The first-order chi connectivity index (χ1) is 9.51. The topological polar surface area (TPSA) is 57.5 Å². The number of carbonyl (C=O) groups excluding carboxylic acids is 1. The second kappa shape index (κ2) is 6.50. The third kappa shape index (κ3) is 3.46. The number of benzene rings is 1. The molecule has 1 heterocycles. The van der Waals surface area contributed by atoms with E-state index in [0.29, 0.717) is 17.0 Å². The van der Waals surface area contributed by atoms with Crippen molar-refractivity contribution in [2.24, 2.45) is 0 Å². The van der Waals surface area contributed by atoms with E-state index in [4.69, 9.17) is 16.7 Å². The summed E-state index contributed by atoms with van der Waals surface area (Å²) in [5.41, 5.74) is 1.20. The minimum absolute atomic E-state index is 0.360. The molecule has 1 unspecified atom stereocenters. The van der Waals surface area contributed by atoms with E-state index in [1.165, 1.54) is 4.88 Å². The van der Waals surface area contributed by atoms with E-state index in [-0.39, 0.29) is 0 Å². The first-order valence-corrected chi connectivity index (χ1v) is 7.37. The summed E-state index contributed by atoms with van der Waals surface area (Å²) in [6, 6.07) is 8.96. The predicted octanol–water partition coefficient (Wildman–Crippen LogP) is 2.84. The molecule has 0 aliphatic carbocycles. The van der Waals surface area contributed by atoms with Crippen LogP contribution in [0.3, 0.4) is 0 Å². The molecule has 0 radical (unpaired) electrons. The SMILES string of the molecule is Cc1ccc(Cc2cc(C(=O)C(O)CO)ccc2Cl)s1. The number of aliphatic hydroxyl groups is 2. The maximum Gasteiger partial charge on any atom is 0.193 e. The van der Waals surface area contributed by atoms with Gasteiger partial charge in [-0.05, 0) is 42.8 Å². The van der Waals surface area contributed by atoms with Gasteiger partial charge in [0.1, 0.15) is 6.10 Å². The van der Waals surface area contributed by atoms with E-state index in [9.17, 15) is 9.90 Å². The maximum absolute atomic E-state index is 11.8. The highest BCUT2D eigenvalue weighted by atomic mass is 35.5. The standard InChI is InChI=1S/C15H15ClO3S/c1-9-2-4-12(20-9)7-11-6-10(3-5-13(11)16)15(19)14(18)8-17/h2-6,14,17-18H,7-8H2,1H3. The molecule has 0 saturated heterocycles. The molecule has 20 heavy (non-hydrogen) atoms. The van der Waals surface area contributed by atoms with Crippen molar-refractivity contribution in [1.82, 2.24) is 0 Å². The van der Waals surface area contributed by atoms with Crippen LogP contribution in [0.5, 0.6) is 0 Å². The highest BCUT2D eigenvalue weighted by molar-refractivity contribution is 7.11. The number of aliphatic hydroxyl groups excluding tert-OH is 2. The molecule has 1 aromatic carbocycles. The van der Waals surface area contributed by atoms with Crippen molar-refractivity contribution in [2.45, 2.75) is 19.4 Å². The smallest absolute Gasteiger partial charge is 0.193 e. The summed E-state index contributed by atoms with van der Waals surface area (Å²) in [5.74, 6) is -0.493. The molecular formula is C15H15ClO3S. The van der Waals surface area contributed by atoms with E-state index >= 15 is 0 Å². The van der Waals surface area contributed by atoms with Gasteiger partial charge < -0.3 is 10.2 Å². The van der Waals surface area contributed by atoms with Gasteiger partial charge in [0.2, 0.25) is 0 Å². The Balaban J connectivity index is 2.27. The van der Waals surface area contributed by atoms with Gasteiger partial charge in [0, 0.05) is 26.8 Å². The Bertz CT molecular complexity index is 621. The second-order valence-electron chi connectivity index (χ2n) is 4.56. The average molecular weight is 311 g/mol.